The van der Waals surface area contributed by atoms with E-state index in [0.717, 1.165) is 0 Å². The predicted molar refractivity (Wildman–Crippen MR) is 77.7 cm³/mol. The van der Waals surface area contributed by atoms with Crippen LogP contribution in [0, 0.1) is 0 Å². The summed E-state index contributed by atoms with van der Waals surface area (Å²) < 4.78 is 10.1. The van der Waals surface area contributed by atoms with Crippen molar-refractivity contribution in [3.05, 3.63) is 10.4 Å². The molecule has 0 aliphatic heterocycles. The van der Waals surface area contributed by atoms with E-state index in [0.29, 0.717) is 6.61 Å². The molecule has 0 fully saturated rings. The van der Waals surface area contributed by atoms with Gasteiger partial charge in [0.25, 0.3) is 0 Å². The van der Waals surface area contributed by atoms with Gasteiger partial charge in [-0.15, -0.1) is 0 Å². The quantitative estimate of drug-likeness (QED) is 0.312. The van der Waals surface area contributed by atoms with E-state index < -0.39 is 17.7 Å². The Bertz CT molecular complexity index is 399. The highest BCUT2D eigenvalue weighted by Gasteiger charge is 2.23. The molecule has 120 valence electrons. The Kier molecular flexibility index (Phi) is 8.23. The lowest BCUT2D eigenvalue weighted by Gasteiger charge is -2.28. The number of hydrogen-bond donors (Lipinski definition) is 0. The molecule has 0 radical (unpaired) electrons. The molecular formula is C13H24N4O4. The van der Waals surface area contributed by atoms with Gasteiger partial charge in [0.1, 0.15) is 5.60 Å². The van der Waals surface area contributed by atoms with Crippen molar-refractivity contribution in [2.24, 2.45) is 5.11 Å². The van der Waals surface area contributed by atoms with Crippen LogP contribution in [0.5, 0.6) is 0 Å². The standard InChI is InChI=1S/C13H24N4O4/c1-6-20-11(18)7-8-17(9-10(2)15-16-14)12(19)21-13(3,4)5/h10H,6-9H2,1-5H3. The molecule has 0 aliphatic rings. The molecule has 1 amide bonds. The lowest BCUT2D eigenvalue weighted by molar-refractivity contribution is -0.143. The molecule has 1 atom stereocenters. The van der Waals surface area contributed by atoms with E-state index in [4.69, 9.17) is 15.0 Å². The summed E-state index contributed by atoms with van der Waals surface area (Å²) in [5.74, 6) is -0.387. The summed E-state index contributed by atoms with van der Waals surface area (Å²) in [5.41, 5.74) is 7.77. The molecule has 0 saturated heterocycles. The zero-order chi connectivity index (χ0) is 16.5. The van der Waals surface area contributed by atoms with Crippen molar-refractivity contribution in [2.45, 2.75) is 52.7 Å². The van der Waals surface area contributed by atoms with Crippen molar-refractivity contribution >= 4 is 12.1 Å². The van der Waals surface area contributed by atoms with Crippen LogP contribution >= 0.6 is 0 Å². The summed E-state index contributed by atoms with van der Waals surface area (Å²) in [6, 6.07) is -0.412. The van der Waals surface area contributed by atoms with Crippen LogP contribution in [0.2, 0.25) is 0 Å². The topological polar surface area (TPSA) is 105 Å². The largest absolute Gasteiger partial charge is 0.466 e. The van der Waals surface area contributed by atoms with Crippen molar-refractivity contribution < 1.29 is 19.1 Å². The number of azide groups is 1. The second-order valence-corrected chi connectivity index (χ2v) is 5.54. The van der Waals surface area contributed by atoms with E-state index >= 15 is 0 Å². The van der Waals surface area contributed by atoms with E-state index in [9.17, 15) is 9.59 Å². The molecule has 0 aromatic carbocycles. The summed E-state index contributed by atoms with van der Waals surface area (Å²) in [6.07, 6.45) is -0.484. The maximum absolute atomic E-state index is 12.1. The number of ether oxygens (including phenoxy) is 2. The van der Waals surface area contributed by atoms with Crippen LogP contribution in [0.3, 0.4) is 0 Å². The van der Waals surface area contributed by atoms with Crippen LogP contribution in [0.4, 0.5) is 4.79 Å². The van der Waals surface area contributed by atoms with Gasteiger partial charge in [-0.1, -0.05) is 12.0 Å². The third kappa shape index (κ3) is 9.56. The Morgan fingerprint density at radius 1 is 1.38 bits per heavy atom. The Balaban J connectivity index is 4.71. The smallest absolute Gasteiger partial charge is 0.410 e. The molecule has 0 aromatic heterocycles. The first-order valence-corrected chi connectivity index (χ1v) is 6.87. The van der Waals surface area contributed by atoms with Gasteiger partial charge in [0.05, 0.1) is 19.1 Å². The van der Waals surface area contributed by atoms with Gasteiger partial charge < -0.3 is 14.4 Å². The molecule has 8 nitrogen and oxygen atoms in total. The van der Waals surface area contributed by atoms with Crippen molar-refractivity contribution in [1.82, 2.24) is 4.90 Å². The van der Waals surface area contributed by atoms with Gasteiger partial charge in [0, 0.05) is 18.0 Å². The monoisotopic (exact) mass is 300 g/mol. The fraction of sp³-hybridized carbons (Fsp3) is 0.846. The molecule has 0 N–H and O–H groups in total. The van der Waals surface area contributed by atoms with Crippen LogP contribution < -0.4 is 0 Å². The van der Waals surface area contributed by atoms with Gasteiger partial charge in [-0.05, 0) is 33.2 Å². The summed E-state index contributed by atoms with van der Waals surface area (Å²) >= 11 is 0. The number of hydrogen-bond acceptors (Lipinski definition) is 5. The Hall–Kier alpha value is -1.95. The first kappa shape index (κ1) is 19.1. The highest BCUT2D eigenvalue weighted by molar-refractivity contribution is 5.72. The minimum absolute atomic E-state index is 0.0655. The fourth-order valence-electron chi connectivity index (χ4n) is 1.49. The Morgan fingerprint density at radius 3 is 2.48 bits per heavy atom. The summed E-state index contributed by atoms with van der Waals surface area (Å²) in [6.45, 7) is 9.29. The maximum Gasteiger partial charge on any atom is 0.410 e. The summed E-state index contributed by atoms with van der Waals surface area (Å²) in [5, 5.41) is 3.52. The first-order valence-electron chi connectivity index (χ1n) is 6.87. The number of rotatable bonds is 7. The van der Waals surface area contributed by atoms with E-state index in [1.165, 1.54) is 4.90 Å². The molecule has 0 spiro atoms. The lowest BCUT2D eigenvalue weighted by atomic mass is 10.2. The van der Waals surface area contributed by atoms with Crippen LogP contribution in [-0.2, 0) is 14.3 Å². The third-order valence-electron chi connectivity index (χ3n) is 2.28. The van der Waals surface area contributed by atoms with Crippen molar-refractivity contribution in [2.75, 3.05) is 19.7 Å². The van der Waals surface area contributed by atoms with Gasteiger partial charge in [0.15, 0.2) is 0 Å². The molecule has 0 aromatic rings. The molecule has 1 unspecified atom stereocenters. The molecule has 0 aliphatic carbocycles. The maximum atomic E-state index is 12.1. The van der Waals surface area contributed by atoms with E-state index in [1.807, 2.05) is 0 Å². The summed E-state index contributed by atoms with van der Waals surface area (Å²) in [4.78, 5) is 27.5. The number of nitrogens with zero attached hydrogens (tertiary/aromatic N) is 4. The highest BCUT2D eigenvalue weighted by Crippen LogP contribution is 2.11. The van der Waals surface area contributed by atoms with E-state index in [2.05, 4.69) is 10.0 Å². The molecule has 0 heterocycles. The van der Waals surface area contributed by atoms with Crippen LogP contribution in [0.25, 0.3) is 10.4 Å². The van der Waals surface area contributed by atoms with Crippen molar-refractivity contribution in [3.8, 4) is 0 Å². The van der Waals surface area contributed by atoms with Crippen LogP contribution in [0.1, 0.15) is 41.0 Å². The minimum Gasteiger partial charge on any atom is -0.466 e. The fourth-order valence-corrected chi connectivity index (χ4v) is 1.49. The highest BCUT2D eigenvalue weighted by atomic mass is 16.6. The zero-order valence-corrected chi connectivity index (χ0v) is 13.3. The zero-order valence-electron chi connectivity index (χ0n) is 13.3. The van der Waals surface area contributed by atoms with Crippen LogP contribution in [0.15, 0.2) is 5.11 Å². The average molecular weight is 300 g/mol. The third-order valence-corrected chi connectivity index (χ3v) is 2.28. The summed E-state index contributed by atoms with van der Waals surface area (Å²) in [7, 11) is 0. The Labute approximate surface area is 125 Å². The average Bonchev–Trinajstić information content (AvgIpc) is 2.32. The van der Waals surface area contributed by atoms with E-state index in [1.54, 1.807) is 34.6 Å². The minimum atomic E-state index is -0.638. The Morgan fingerprint density at radius 2 is 2.00 bits per heavy atom. The second kappa shape index (κ2) is 9.07. The SMILES string of the molecule is CCOC(=O)CCN(CC(C)N=[N+]=[N-])C(=O)OC(C)(C)C. The number of carbonyl (C=O) groups is 2. The molecule has 0 bridgehead atoms. The van der Waals surface area contributed by atoms with Crippen molar-refractivity contribution in [3.63, 3.8) is 0 Å². The molecule has 0 saturated carbocycles. The van der Waals surface area contributed by atoms with Gasteiger partial charge in [-0.2, -0.15) is 0 Å². The van der Waals surface area contributed by atoms with Crippen LogP contribution in [-0.4, -0.2) is 48.3 Å². The van der Waals surface area contributed by atoms with Gasteiger partial charge in [-0.25, -0.2) is 4.79 Å². The predicted octanol–water partition coefficient (Wildman–Crippen LogP) is 2.88. The molecule has 8 heteroatoms. The normalized spacial score (nSPS) is 12.0. The van der Waals surface area contributed by atoms with Crippen molar-refractivity contribution in [1.29, 1.82) is 0 Å². The molecule has 0 rings (SSSR count). The van der Waals surface area contributed by atoms with Gasteiger partial charge >= 0.3 is 12.1 Å². The second-order valence-electron chi connectivity index (χ2n) is 5.54. The van der Waals surface area contributed by atoms with E-state index in [-0.39, 0.29) is 25.5 Å². The number of carbonyl (C=O) groups excluding carboxylic acids is 2. The number of esters is 1. The lowest BCUT2D eigenvalue weighted by Crippen LogP contribution is -2.41. The first-order chi connectivity index (χ1) is 9.69. The molecule has 21 heavy (non-hydrogen) atoms. The van der Waals surface area contributed by atoms with Gasteiger partial charge in [0.2, 0.25) is 0 Å². The van der Waals surface area contributed by atoms with Gasteiger partial charge in [-0.3, -0.25) is 4.79 Å². The molecular weight excluding hydrogens is 276 g/mol. The number of amides is 1.